The van der Waals surface area contributed by atoms with Gasteiger partial charge in [0.2, 0.25) is 0 Å². The van der Waals surface area contributed by atoms with E-state index >= 15 is 0 Å². The van der Waals surface area contributed by atoms with Crippen molar-refractivity contribution in [3.63, 3.8) is 0 Å². The van der Waals surface area contributed by atoms with E-state index in [9.17, 15) is 0 Å². The molecule has 40 heavy (non-hydrogen) atoms. The van der Waals surface area contributed by atoms with E-state index < -0.39 is 0 Å². The van der Waals surface area contributed by atoms with E-state index in [1.165, 1.54) is 65.7 Å². The summed E-state index contributed by atoms with van der Waals surface area (Å²) in [6.07, 6.45) is 5.53. The highest BCUT2D eigenvalue weighted by atomic mass is 14.7. The fourth-order valence-corrected chi connectivity index (χ4v) is 6.05. The predicted molar refractivity (Wildman–Crippen MR) is 167 cm³/mol. The van der Waals surface area contributed by atoms with Gasteiger partial charge < -0.3 is 0 Å². The van der Waals surface area contributed by atoms with Crippen LogP contribution in [0.4, 0.5) is 0 Å². The zero-order valence-corrected chi connectivity index (χ0v) is 21.8. The van der Waals surface area contributed by atoms with E-state index in [0.717, 1.165) is 11.3 Å². The lowest BCUT2D eigenvalue weighted by molar-refractivity contribution is 1.33. The average Bonchev–Trinajstić information content (AvgIpc) is 3.04. The SMILES string of the molecule is c1ccc(-c2ccc(-c3cc(-c4ccc(-c5ccncc5)cc4)c4ccc5cccc6ccc3c4c56)cc2)nc1. The van der Waals surface area contributed by atoms with Crippen LogP contribution in [0, 0.1) is 0 Å². The zero-order valence-electron chi connectivity index (χ0n) is 21.8. The molecule has 0 amide bonds. The first-order chi connectivity index (χ1) is 19.8. The van der Waals surface area contributed by atoms with Crippen LogP contribution in [-0.4, -0.2) is 9.97 Å². The molecule has 6 aromatic carbocycles. The lowest BCUT2D eigenvalue weighted by Gasteiger charge is -2.18. The molecule has 2 heterocycles. The lowest BCUT2D eigenvalue weighted by Crippen LogP contribution is -1.91. The first-order valence-corrected chi connectivity index (χ1v) is 13.6. The molecule has 0 fully saturated rings. The summed E-state index contributed by atoms with van der Waals surface area (Å²) in [4.78, 5) is 8.70. The molecule has 0 saturated carbocycles. The van der Waals surface area contributed by atoms with Crippen LogP contribution in [0.25, 0.3) is 77.0 Å². The molecule has 0 unspecified atom stereocenters. The summed E-state index contributed by atoms with van der Waals surface area (Å²) in [6.45, 7) is 0. The van der Waals surface area contributed by atoms with Gasteiger partial charge in [-0.3, -0.25) is 9.97 Å². The summed E-state index contributed by atoms with van der Waals surface area (Å²) in [6, 6.07) is 46.0. The van der Waals surface area contributed by atoms with Crippen molar-refractivity contribution in [2.24, 2.45) is 0 Å². The topological polar surface area (TPSA) is 25.8 Å². The van der Waals surface area contributed by atoms with Crippen LogP contribution < -0.4 is 0 Å². The number of pyridine rings is 2. The van der Waals surface area contributed by atoms with Gasteiger partial charge in [-0.2, -0.15) is 0 Å². The van der Waals surface area contributed by atoms with E-state index in [4.69, 9.17) is 0 Å². The summed E-state index contributed by atoms with van der Waals surface area (Å²) in [5.41, 5.74) is 9.37. The predicted octanol–water partition coefficient (Wildman–Crippen LogP) is 10.0. The van der Waals surface area contributed by atoms with Crippen LogP contribution in [0.15, 0.2) is 146 Å². The third kappa shape index (κ3) is 3.65. The second-order valence-corrected chi connectivity index (χ2v) is 10.3. The number of nitrogens with zero attached hydrogens (tertiary/aromatic N) is 2. The molecular formula is C38H24N2. The maximum absolute atomic E-state index is 4.54. The smallest absolute Gasteiger partial charge is 0.0701 e. The van der Waals surface area contributed by atoms with Gasteiger partial charge in [-0.05, 0) is 96.0 Å². The van der Waals surface area contributed by atoms with E-state index in [1.54, 1.807) is 0 Å². The van der Waals surface area contributed by atoms with Crippen molar-refractivity contribution >= 4 is 32.3 Å². The van der Waals surface area contributed by atoms with Crippen LogP contribution in [0.3, 0.4) is 0 Å². The molecule has 0 saturated heterocycles. The standard InChI is InChI=1S/C38H24N2/c1-2-21-40-36(6-1)29-13-11-28(12-14-29)35-24-34(27-9-7-25(8-10-27)26-19-22-39-23-20-26)32-17-15-30-4-3-5-31-16-18-33(35)38(32)37(30)31/h1-24H. The first kappa shape index (κ1) is 22.6. The fourth-order valence-electron chi connectivity index (χ4n) is 6.05. The third-order valence-corrected chi connectivity index (χ3v) is 8.01. The summed E-state index contributed by atoms with van der Waals surface area (Å²) in [5, 5.41) is 7.77. The average molecular weight is 509 g/mol. The third-order valence-electron chi connectivity index (χ3n) is 8.01. The Morgan fingerprint density at radius 1 is 0.375 bits per heavy atom. The second-order valence-electron chi connectivity index (χ2n) is 10.3. The van der Waals surface area contributed by atoms with Gasteiger partial charge >= 0.3 is 0 Å². The van der Waals surface area contributed by atoms with Gasteiger partial charge in [0.25, 0.3) is 0 Å². The lowest BCUT2D eigenvalue weighted by atomic mass is 9.85. The maximum Gasteiger partial charge on any atom is 0.0701 e. The zero-order chi connectivity index (χ0) is 26.5. The number of hydrogen-bond acceptors (Lipinski definition) is 2. The number of rotatable bonds is 4. The minimum Gasteiger partial charge on any atom is -0.265 e. The number of benzene rings is 6. The molecule has 0 bridgehead atoms. The second kappa shape index (κ2) is 9.14. The van der Waals surface area contributed by atoms with Gasteiger partial charge in [0.15, 0.2) is 0 Å². The first-order valence-electron chi connectivity index (χ1n) is 13.6. The van der Waals surface area contributed by atoms with Crippen molar-refractivity contribution in [2.45, 2.75) is 0 Å². The highest BCUT2D eigenvalue weighted by Crippen LogP contribution is 2.44. The number of hydrogen-bond donors (Lipinski definition) is 0. The molecule has 2 nitrogen and oxygen atoms in total. The Kier molecular flexibility index (Phi) is 5.17. The van der Waals surface area contributed by atoms with Crippen LogP contribution in [0.1, 0.15) is 0 Å². The molecule has 0 aliphatic carbocycles. The van der Waals surface area contributed by atoms with Crippen LogP contribution in [0.2, 0.25) is 0 Å². The fraction of sp³-hybridized carbons (Fsp3) is 0. The van der Waals surface area contributed by atoms with Crippen molar-refractivity contribution in [3.8, 4) is 44.6 Å². The minimum atomic E-state index is 0.986. The molecule has 2 aromatic heterocycles. The summed E-state index contributed by atoms with van der Waals surface area (Å²) in [7, 11) is 0. The molecular weight excluding hydrogens is 484 g/mol. The molecule has 8 rings (SSSR count). The molecule has 0 atom stereocenters. The molecule has 186 valence electrons. The van der Waals surface area contributed by atoms with Gasteiger partial charge in [-0.25, -0.2) is 0 Å². The van der Waals surface area contributed by atoms with Gasteiger partial charge in [0.05, 0.1) is 5.69 Å². The van der Waals surface area contributed by atoms with Crippen LogP contribution in [0.5, 0.6) is 0 Å². The number of aromatic nitrogens is 2. The molecule has 0 N–H and O–H groups in total. The maximum atomic E-state index is 4.54. The summed E-state index contributed by atoms with van der Waals surface area (Å²) in [5.74, 6) is 0. The van der Waals surface area contributed by atoms with Gasteiger partial charge in [0.1, 0.15) is 0 Å². The Morgan fingerprint density at radius 2 is 0.950 bits per heavy atom. The molecule has 0 radical (unpaired) electrons. The highest BCUT2D eigenvalue weighted by molar-refractivity contribution is 6.28. The van der Waals surface area contributed by atoms with Crippen molar-refractivity contribution in [1.29, 1.82) is 0 Å². The van der Waals surface area contributed by atoms with Crippen LogP contribution in [-0.2, 0) is 0 Å². The Labute approximate surface area is 232 Å². The van der Waals surface area contributed by atoms with Crippen molar-refractivity contribution < 1.29 is 0 Å². The van der Waals surface area contributed by atoms with E-state index in [0.29, 0.717) is 0 Å². The molecule has 8 aromatic rings. The highest BCUT2D eigenvalue weighted by Gasteiger charge is 2.17. The van der Waals surface area contributed by atoms with Gasteiger partial charge in [0, 0.05) is 24.2 Å². The monoisotopic (exact) mass is 508 g/mol. The van der Waals surface area contributed by atoms with E-state index in [1.807, 2.05) is 30.7 Å². The Hall–Kier alpha value is -5.34. The van der Waals surface area contributed by atoms with E-state index in [2.05, 4.69) is 125 Å². The van der Waals surface area contributed by atoms with Gasteiger partial charge in [-0.15, -0.1) is 0 Å². The Morgan fingerprint density at radius 3 is 1.55 bits per heavy atom. The largest absolute Gasteiger partial charge is 0.265 e. The molecule has 0 aliphatic rings. The molecule has 0 aliphatic heterocycles. The summed E-state index contributed by atoms with van der Waals surface area (Å²) >= 11 is 0. The Balaban J connectivity index is 1.36. The van der Waals surface area contributed by atoms with Crippen molar-refractivity contribution in [1.82, 2.24) is 9.97 Å². The summed E-state index contributed by atoms with van der Waals surface area (Å²) < 4.78 is 0. The van der Waals surface area contributed by atoms with Gasteiger partial charge in [-0.1, -0.05) is 97.1 Å². The van der Waals surface area contributed by atoms with Crippen molar-refractivity contribution in [3.05, 3.63) is 146 Å². The van der Waals surface area contributed by atoms with Crippen molar-refractivity contribution in [2.75, 3.05) is 0 Å². The minimum absolute atomic E-state index is 0.986. The molecule has 0 spiro atoms. The Bertz CT molecular complexity index is 1970. The normalized spacial score (nSPS) is 11.5. The quantitative estimate of drug-likeness (QED) is 0.221. The molecule has 2 heteroatoms. The van der Waals surface area contributed by atoms with Crippen LogP contribution >= 0.6 is 0 Å². The van der Waals surface area contributed by atoms with E-state index in [-0.39, 0.29) is 0 Å².